The zero-order valence-electron chi connectivity index (χ0n) is 16.0. The van der Waals surface area contributed by atoms with Crippen molar-refractivity contribution in [1.82, 2.24) is 14.8 Å². The van der Waals surface area contributed by atoms with Crippen LogP contribution in [-0.2, 0) is 4.74 Å². The monoisotopic (exact) mass is 396 g/mol. The van der Waals surface area contributed by atoms with Crippen LogP contribution in [0.2, 0.25) is 0 Å². The van der Waals surface area contributed by atoms with Gasteiger partial charge in [0.05, 0.1) is 29.0 Å². The van der Waals surface area contributed by atoms with Gasteiger partial charge in [-0.15, -0.1) is 0 Å². The average Bonchev–Trinajstić information content (AvgIpc) is 3.06. The van der Waals surface area contributed by atoms with Crippen molar-refractivity contribution in [3.05, 3.63) is 59.7 Å². The molecule has 2 heterocycles. The molecule has 0 spiro atoms. The second-order valence-corrected chi connectivity index (χ2v) is 8.32. The summed E-state index contributed by atoms with van der Waals surface area (Å²) in [5.41, 5.74) is 8.29. The summed E-state index contributed by atoms with van der Waals surface area (Å²) in [6.45, 7) is 1.82. The van der Waals surface area contributed by atoms with Crippen molar-refractivity contribution >= 4 is 32.6 Å². The molecule has 0 saturated carbocycles. The van der Waals surface area contributed by atoms with Crippen molar-refractivity contribution in [2.75, 3.05) is 39.5 Å². The van der Waals surface area contributed by atoms with E-state index in [1.165, 1.54) is 11.3 Å². The summed E-state index contributed by atoms with van der Waals surface area (Å²) in [5, 5.41) is 0.513. The quantitative estimate of drug-likeness (QED) is 0.734. The number of nitrogens with zero attached hydrogens (tertiary/aromatic N) is 3. The van der Waals surface area contributed by atoms with E-state index in [2.05, 4.69) is 22.0 Å². The number of nitrogen functional groups attached to an aromatic ring is 1. The number of morpholine rings is 1. The summed E-state index contributed by atoms with van der Waals surface area (Å²) in [7, 11) is 4.04. The van der Waals surface area contributed by atoms with Crippen LogP contribution in [0, 0.1) is 0 Å². The minimum Gasteiger partial charge on any atom is -0.375 e. The summed E-state index contributed by atoms with van der Waals surface area (Å²) in [6.07, 6.45) is -0.0891. The Bertz CT molecular complexity index is 973. The fourth-order valence-corrected chi connectivity index (χ4v) is 4.48. The topological polar surface area (TPSA) is 71.7 Å². The summed E-state index contributed by atoms with van der Waals surface area (Å²) >= 11 is 1.43. The van der Waals surface area contributed by atoms with Gasteiger partial charge in [-0.2, -0.15) is 0 Å². The van der Waals surface area contributed by atoms with Crippen molar-refractivity contribution < 1.29 is 9.53 Å². The lowest BCUT2D eigenvalue weighted by Gasteiger charge is -2.42. The predicted octanol–water partition coefficient (Wildman–Crippen LogP) is 3.02. The minimum atomic E-state index is -0.138. The number of ether oxygens (including phenoxy) is 1. The standard InChI is InChI=1S/C21H24N4O2S/c1-24(2)13-17-19(14-6-4-3-5-7-14)25(10-11-27-17)20(26)15-8-9-18-16(12-15)23-21(22)28-18/h3-9,12,17,19H,10-11,13H2,1-2H3,(H2,22,23)/t17-,19-/m0/s1. The van der Waals surface area contributed by atoms with E-state index in [0.717, 1.165) is 22.3 Å². The van der Waals surface area contributed by atoms with Gasteiger partial charge in [0.2, 0.25) is 0 Å². The Morgan fingerprint density at radius 2 is 2.07 bits per heavy atom. The maximum Gasteiger partial charge on any atom is 0.254 e. The molecule has 6 nitrogen and oxygen atoms in total. The van der Waals surface area contributed by atoms with Gasteiger partial charge in [0.1, 0.15) is 0 Å². The van der Waals surface area contributed by atoms with Gasteiger partial charge in [0, 0.05) is 18.7 Å². The third kappa shape index (κ3) is 3.73. The second-order valence-electron chi connectivity index (χ2n) is 7.26. The van der Waals surface area contributed by atoms with Crippen molar-refractivity contribution in [3.63, 3.8) is 0 Å². The van der Waals surface area contributed by atoms with E-state index < -0.39 is 0 Å². The number of nitrogens with two attached hydrogens (primary N) is 1. The molecule has 28 heavy (non-hydrogen) atoms. The first kappa shape index (κ1) is 18.9. The normalized spacial score (nSPS) is 20.0. The molecule has 2 N–H and O–H groups in total. The molecule has 0 bridgehead atoms. The minimum absolute atomic E-state index is 0.00520. The first-order valence-corrected chi connectivity index (χ1v) is 10.1. The Morgan fingerprint density at radius 3 is 2.82 bits per heavy atom. The maximum absolute atomic E-state index is 13.5. The molecule has 1 aromatic heterocycles. The van der Waals surface area contributed by atoms with Crippen LogP contribution in [0.25, 0.3) is 10.2 Å². The highest BCUT2D eigenvalue weighted by Gasteiger charge is 2.37. The van der Waals surface area contributed by atoms with Gasteiger partial charge in [0.15, 0.2) is 5.13 Å². The molecular weight excluding hydrogens is 372 g/mol. The predicted molar refractivity (Wildman–Crippen MR) is 113 cm³/mol. The van der Waals surface area contributed by atoms with Crippen LogP contribution in [0.1, 0.15) is 22.0 Å². The molecule has 0 unspecified atom stereocenters. The number of fused-ring (bicyclic) bond motifs is 1. The average molecular weight is 397 g/mol. The fraction of sp³-hybridized carbons (Fsp3) is 0.333. The van der Waals surface area contributed by atoms with Gasteiger partial charge in [-0.3, -0.25) is 4.79 Å². The highest BCUT2D eigenvalue weighted by Crippen LogP contribution is 2.32. The third-order valence-corrected chi connectivity index (χ3v) is 5.82. The highest BCUT2D eigenvalue weighted by molar-refractivity contribution is 7.22. The van der Waals surface area contributed by atoms with E-state index in [1.807, 2.05) is 55.4 Å². The molecule has 1 fully saturated rings. The molecule has 0 aliphatic carbocycles. The molecule has 2 aromatic carbocycles. The van der Waals surface area contributed by atoms with Gasteiger partial charge in [-0.05, 0) is 37.9 Å². The molecule has 7 heteroatoms. The molecule has 3 aromatic rings. The Balaban J connectivity index is 1.70. The molecular formula is C21H24N4O2S. The van der Waals surface area contributed by atoms with Crippen molar-refractivity contribution in [2.24, 2.45) is 0 Å². The van der Waals surface area contributed by atoms with Crippen LogP contribution in [0.3, 0.4) is 0 Å². The lowest BCUT2D eigenvalue weighted by atomic mass is 9.96. The number of hydrogen-bond acceptors (Lipinski definition) is 6. The Hall–Kier alpha value is -2.48. The third-order valence-electron chi connectivity index (χ3n) is 4.95. The molecule has 146 valence electrons. The van der Waals surface area contributed by atoms with E-state index >= 15 is 0 Å². The van der Waals surface area contributed by atoms with Crippen LogP contribution in [0.15, 0.2) is 48.5 Å². The highest BCUT2D eigenvalue weighted by atomic mass is 32.1. The summed E-state index contributed by atoms with van der Waals surface area (Å²) in [6, 6.07) is 15.6. The zero-order chi connectivity index (χ0) is 19.7. The van der Waals surface area contributed by atoms with E-state index in [-0.39, 0.29) is 18.1 Å². The molecule has 1 amide bonds. The fourth-order valence-electron chi connectivity index (χ4n) is 3.76. The number of rotatable bonds is 4. The first-order chi connectivity index (χ1) is 13.5. The lowest BCUT2D eigenvalue weighted by Crippen LogP contribution is -2.51. The SMILES string of the molecule is CN(C)C[C@@H]1OCCN(C(=O)c2ccc3sc(N)nc3c2)[C@H]1c1ccccc1. The molecule has 1 saturated heterocycles. The zero-order valence-corrected chi connectivity index (χ0v) is 16.9. The summed E-state index contributed by atoms with van der Waals surface area (Å²) in [4.78, 5) is 21.8. The number of amides is 1. The van der Waals surface area contributed by atoms with E-state index in [4.69, 9.17) is 10.5 Å². The van der Waals surface area contributed by atoms with Crippen LogP contribution < -0.4 is 5.73 Å². The Kier molecular flexibility index (Phi) is 5.30. The lowest BCUT2D eigenvalue weighted by molar-refractivity contribution is -0.0684. The van der Waals surface area contributed by atoms with E-state index in [9.17, 15) is 4.79 Å². The van der Waals surface area contributed by atoms with Gasteiger partial charge in [-0.25, -0.2) is 4.98 Å². The Labute approximate surface area is 168 Å². The van der Waals surface area contributed by atoms with Gasteiger partial charge in [-0.1, -0.05) is 41.7 Å². The largest absolute Gasteiger partial charge is 0.375 e. The second kappa shape index (κ2) is 7.87. The Morgan fingerprint density at radius 1 is 1.29 bits per heavy atom. The van der Waals surface area contributed by atoms with Crippen molar-refractivity contribution in [2.45, 2.75) is 12.1 Å². The molecule has 1 aliphatic rings. The number of likely N-dealkylation sites (N-methyl/N-ethyl adjacent to an activating group) is 1. The van der Waals surface area contributed by atoms with Gasteiger partial charge >= 0.3 is 0 Å². The summed E-state index contributed by atoms with van der Waals surface area (Å²) in [5.74, 6) is -0.00520. The maximum atomic E-state index is 13.5. The van der Waals surface area contributed by atoms with Crippen molar-refractivity contribution in [1.29, 1.82) is 0 Å². The van der Waals surface area contributed by atoms with Crippen LogP contribution >= 0.6 is 11.3 Å². The van der Waals surface area contributed by atoms with Crippen LogP contribution in [-0.4, -0.2) is 60.6 Å². The number of anilines is 1. The molecule has 0 radical (unpaired) electrons. The van der Waals surface area contributed by atoms with E-state index in [0.29, 0.717) is 23.8 Å². The summed E-state index contributed by atoms with van der Waals surface area (Å²) < 4.78 is 7.07. The number of hydrogen-bond donors (Lipinski definition) is 1. The number of carbonyl (C=O) groups excluding carboxylic acids is 1. The number of carbonyl (C=O) groups is 1. The molecule has 2 atom stereocenters. The van der Waals surface area contributed by atoms with E-state index in [1.54, 1.807) is 0 Å². The number of thiazole rings is 1. The number of aromatic nitrogens is 1. The number of benzene rings is 2. The molecule has 1 aliphatic heterocycles. The van der Waals surface area contributed by atoms with Gasteiger partial charge < -0.3 is 20.3 Å². The smallest absolute Gasteiger partial charge is 0.254 e. The van der Waals surface area contributed by atoms with Crippen molar-refractivity contribution in [3.8, 4) is 0 Å². The molecule has 4 rings (SSSR count). The first-order valence-electron chi connectivity index (χ1n) is 9.31. The van der Waals surface area contributed by atoms with Gasteiger partial charge in [0.25, 0.3) is 5.91 Å². The van der Waals surface area contributed by atoms with Crippen LogP contribution in [0.4, 0.5) is 5.13 Å². The van der Waals surface area contributed by atoms with Crippen LogP contribution in [0.5, 0.6) is 0 Å².